The lowest BCUT2D eigenvalue weighted by molar-refractivity contribution is 1.18. The number of fused-ring (bicyclic) bond motifs is 3. The van der Waals surface area contributed by atoms with Gasteiger partial charge in [-0.1, -0.05) is 182 Å². The summed E-state index contributed by atoms with van der Waals surface area (Å²) in [7, 11) is 0. The fourth-order valence-electron chi connectivity index (χ4n) is 8.16. The smallest absolute Gasteiger partial charge is 0.0561 e. The van der Waals surface area contributed by atoms with E-state index in [1.807, 2.05) is 0 Å². The molecule has 9 aromatic carbocycles. The van der Waals surface area contributed by atoms with Crippen molar-refractivity contribution in [2.24, 2.45) is 0 Å². The van der Waals surface area contributed by atoms with Crippen LogP contribution < -0.4 is 4.90 Å². The first-order chi connectivity index (χ1) is 27.8. The summed E-state index contributed by atoms with van der Waals surface area (Å²) in [5.41, 5.74) is 16.2. The summed E-state index contributed by atoms with van der Waals surface area (Å²) in [6, 6.07) is 83.1. The van der Waals surface area contributed by atoms with Crippen molar-refractivity contribution in [3.8, 4) is 50.2 Å². The molecule has 1 aromatic heterocycles. The lowest BCUT2D eigenvalue weighted by Gasteiger charge is -2.30. The van der Waals surface area contributed by atoms with Gasteiger partial charge in [-0.05, 0) is 81.9 Å². The number of nitrogens with zero attached hydrogens (tertiary/aromatic N) is 2. The van der Waals surface area contributed by atoms with Gasteiger partial charge in [0, 0.05) is 33.3 Å². The van der Waals surface area contributed by atoms with Gasteiger partial charge in [0.2, 0.25) is 0 Å². The first-order valence-corrected chi connectivity index (χ1v) is 19.2. The Hall–Kier alpha value is -7.42. The molecule has 0 fully saturated rings. The minimum absolute atomic E-state index is 1.08. The zero-order valence-corrected chi connectivity index (χ0v) is 30.8. The van der Waals surface area contributed by atoms with Crippen LogP contribution in [0.4, 0.5) is 17.1 Å². The lowest BCUT2D eigenvalue weighted by Crippen LogP contribution is -2.12. The minimum atomic E-state index is 1.08. The van der Waals surface area contributed by atoms with E-state index in [1.165, 1.54) is 44.1 Å². The number of anilines is 3. The van der Waals surface area contributed by atoms with Gasteiger partial charge in [0.25, 0.3) is 0 Å². The highest BCUT2D eigenvalue weighted by molar-refractivity contribution is 6.11. The van der Waals surface area contributed by atoms with Crippen molar-refractivity contribution >= 4 is 38.9 Å². The Labute approximate surface area is 327 Å². The van der Waals surface area contributed by atoms with Crippen LogP contribution in [0.1, 0.15) is 0 Å². The molecule has 0 aliphatic carbocycles. The highest BCUT2D eigenvalue weighted by atomic mass is 15.1. The second-order valence-corrected chi connectivity index (χ2v) is 14.1. The molecule has 0 N–H and O–H groups in total. The average Bonchev–Trinajstić information content (AvgIpc) is 3.61. The topological polar surface area (TPSA) is 8.17 Å². The van der Waals surface area contributed by atoms with Gasteiger partial charge in [-0.25, -0.2) is 0 Å². The molecule has 0 bridgehead atoms. The maximum absolute atomic E-state index is 2.45. The minimum Gasteiger partial charge on any atom is -0.309 e. The highest BCUT2D eigenvalue weighted by Gasteiger charge is 2.22. The van der Waals surface area contributed by atoms with E-state index < -0.39 is 0 Å². The third-order valence-corrected chi connectivity index (χ3v) is 10.8. The van der Waals surface area contributed by atoms with E-state index in [1.54, 1.807) is 0 Å². The zero-order chi connectivity index (χ0) is 37.3. The summed E-state index contributed by atoms with van der Waals surface area (Å²) in [4.78, 5) is 2.45. The predicted octanol–water partition coefficient (Wildman–Crippen LogP) is 14.9. The zero-order valence-electron chi connectivity index (χ0n) is 30.8. The summed E-state index contributed by atoms with van der Waals surface area (Å²) in [6.07, 6.45) is 0. The SMILES string of the molecule is c1ccc(-c2ccc(-n3c4ccccc4c4ccc(N(c5ccccc5-c5ccccc5)c5ccccc5-c5cccc(-c6ccccc6)c5)cc43)cc2)cc1. The van der Waals surface area contributed by atoms with Crippen LogP contribution >= 0.6 is 0 Å². The molecule has 0 saturated heterocycles. The van der Waals surface area contributed by atoms with Crippen LogP contribution in [0.15, 0.2) is 231 Å². The second kappa shape index (κ2) is 14.4. The number of hydrogen-bond donors (Lipinski definition) is 0. The van der Waals surface area contributed by atoms with Gasteiger partial charge in [0.05, 0.1) is 22.4 Å². The molecular formula is C54H38N2. The Balaban J connectivity index is 1.20. The highest BCUT2D eigenvalue weighted by Crippen LogP contribution is 2.46. The normalized spacial score (nSPS) is 11.2. The molecule has 0 atom stereocenters. The van der Waals surface area contributed by atoms with Crippen molar-refractivity contribution in [3.63, 3.8) is 0 Å². The van der Waals surface area contributed by atoms with Crippen molar-refractivity contribution < 1.29 is 0 Å². The molecule has 0 saturated carbocycles. The summed E-state index contributed by atoms with van der Waals surface area (Å²) in [5, 5.41) is 2.45. The maximum atomic E-state index is 2.45. The van der Waals surface area contributed by atoms with Crippen LogP contribution in [0.3, 0.4) is 0 Å². The van der Waals surface area contributed by atoms with Crippen molar-refractivity contribution in [3.05, 3.63) is 231 Å². The van der Waals surface area contributed by atoms with Crippen molar-refractivity contribution in [2.45, 2.75) is 0 Å². The molecule has 0 unspecified atom stereocenters. The summed E-state index contributed by atoms with van der Waals surface area (Å²) in [5.74, 6) is 0. The molecule has 56 heavy (non-hydrogen) atoms. The molecule has 0 radical (unpaired) electrons. The van der Waals surface area contributed by atoms with Gasteiger partial charge >= 0.3 is 0 Å². The summed E-state index contributed by atoms with van der Waals surface area (Å²) < 4.78 is 2.42. The fourth-order valence-corrected chi connectivity index (χ4v) is 8.16. The van der Waals surface area contributed by atoms with Crippen LogP contribution in [0.2, 0.25) is 0 Å². The van der Waals surface area contributed by atoms with Crippen molar-refractivity contribution in [1.82, 2.24) is 4.57 Å². The van der Waals surface area contributed by atoms with Gasteiger partial charge in [-0.3, -0.25) is 0 Å². The van der Waals surface area contributed by atoms with E-state index in [2.05, 4.69) is 240 Å². The average molecular weight is 715 g/mol. The van der Waals surface area contributed by atoms with E-state index in [0.717, 1.165) is 45.0 Å². The Bertz CT molecular complexity index is 2940. The molecule has 0 aliphatic rings. The standard InChI is InChI=1S/C54H38N2/c1-4-17-39(18-5-1)41-31-33-45(34-32-41)55-53-30-15-12-27-49(53)50-36-35-46(38-54(50)55)56(51-28-13-10-25-47(51)42-21-8-3-9-22-42)52-29-14-11-26-48(52)44-24-16-23-43(37-44)40-19-6-2-7-20-40/h1-38H. The van der Waals surface area contributed by atoms with Gasteiger partial charge < -0.3 is 9.47 Å². The molecule has 264 valence electrons. The van der Waals surface area contributed by atoms with E-state index in [4.69, 9.17) is 0 Å². The van der Waals surface area contributed by atoms with Crippen LogP contribution in [0.25, 0.3) is 72.0 Å². The second-order valence-electron chi connectivity index (χ2n) is 14.1. The van der Waals surface area contributed by atoms with Gasteiger partial charge in [0.15, 0.2) is 0 Å². The fraction of sp³-hybridized carbons (Fsp3) is 0. The summed E-state index contributed by atoms with van der Waals surface area (Å²) >= 11 is 0. The van der Waals surface area contributed by atoms with Gasteiger partial charge in [0.1, 0.15) is 0 Å². The van der Waals surface area contributed by atoms with E-state index in [0.29, 0.717) is 0 Å². The molecule has 0 spiro atoms. The first-order valence-electron chi connectivity index (χ1n) is 19.2. The maximum Gasteiger partial charge on any atom is 0.0561 e. The number of aromatic nitrogens is 1. The molecule has 0 aliphatic heterocycles. The van der Waals surface area contributed by atoms with E-state index in [-0.39, 0.29) is 0 Å². The Morgan fingerprint density at radius 1 is 0.286 bits per heavy atom. The number of benzene rings is 9. The molecule has 0 amide bonds. The number of rotatable bonds is 8. The van der Waals surface area contributed by atoms with Crippen molar-refractivity contribution in [2.75, 3.05) is 4.90 Å². The number of hydrogen-bond acceptors (Lipinski definition) is 1. The molecule has 2 heteroatoms. The monoisotopic (exact) mass is 714 g/mol. The Kier molecular flexibility index (Phi) is 8.55. The van der Waals surface area contributed by atoms with Crippen LogP contribution in [-0.4, -0.2) is 4.57 Å². The van der Waals surface area contributed by atoms with E-state index >= 15 is 0 Å². The van der Waals surface area contributed by atoms with Crippen LogP contribution in [0, 0.1) is 0 Å². The third kappa shape index (κ3) is 6.04. The molecular weight excluding hydrogens is 677 g/mol. The first kappa shape index (κ1) is 33.2. The van der Waals surface area contributed by atoms with E-state index in [9.17, 15) is 0 Å². The molecule has 10 aromatic rings. The summed E-state index contributed by atoms with van der Waals surface area (Å²) in [6.45, 7) is 0. The Morgan fingerprint density at radius 2 is 0.768 bits per heavy atom. The molecule has 1 heterocycles. The van der Waals surface area contributed by atoms with Gasteiger partial charge in [-0.15, -0.1) is 0 Å². The number of para-hydroxylation sites is 3. The quantitative estimate of drug-likeness (QED) is 0.152. The predicted molar refractivity (Wildman–Crippen MR) is 237 cm³/mol. The van der Waals surface area contributed by atoms with Crippen molar-refractivity contribution in [1.29, 1.82) is 0 Å². The Morgan fingerprint density at radius 3 is 1.45 bits per heavy atom. The van der Waals surface area contributed by atoms with Crippen LogP contribution in [-0.2, 0) is 0 Å². The molecule has 2 nitrogen and oxygen atoms in total. The lowest BCUT2D eigenvalue weighted by atomic mass is 9.96. The third-order valence-electron chi connectivity index (χ3n) is 10.8. The van der Waals surface area contributed by atoms with Gasteiger partial charge in [-0.2, -0.15) is 0 Å². The molecule has 10 rings (SSSR count). The van der Waals surface area contributed by atoms with Crippen LogP contribution in [0.5, 0.6) is 0 Å². The largest absolute Gasteiger partial charge is 0.309 e.